The summed E-state index contributed by atoms with van der Waals surface area (Å²) in [5, 5.41) is 0. The Labute approximate surface area is 142 Å². The second kappa shape index (κ2) is 7.30. The molecule has 0 aromatic heterocycles. The molecule has 1 heterocycles. The molecule has 4 nitrogen and oxygen atoms in total. The van der Waals surface area contributed by atoms with Gasteiger partial charge in [-0.1, -0.05) is 48.0 Å². The van der Waals surface area contributed by atoms with Crippen LogP contribution in [0.25, 0.3) is 0 Å². The van der Waals surface area contributed by atoms with E-state index < -0.39 is 0 Å². The molecular weight excluding hydrogens is 300 g/mol. The number of nitrogens with zero attached hydrogens (tertiary/aromatic N) is 2. The topological polar surface area (TPSA) is 40.6 Å². The predicted octanol–water partition coefficient (Wildman–Crippen LogP) is 2.80. The van der Waals surface area contributed by atoms with Crippen LogP contribution in [-0.4, -0.2) is 36.3 Å². The summed E-state index contributed by atoms with van der Waals surface area (Å²) >= 11 is 0. The summed E-state index contributed by atoms with van der Waals surface area (Å²) in [6, 6.07) is 17.8. The van der Waals surface area contributed by atoms with Crippen LogP contribution in [0.5, 0.6) is 0 Å². The lowest BCUT2D eigenvalue weighted by Gasteiger charge is -2.34. The van der Waals surface area contributed by atoms with Gasteiger partial charge in [0.15, 0.2) is 0 Å². The standard InChI is InChI=1S/C20H22N2O2/c1-16-7-9-17(10-8-16)11-12-19(23)21-13-14-22(20(24)15-21)18-5-3-2-4-6-18/h2-10H,11-15H2,1H3. The van der Waals surface area contributed by atoms with Crippen molar-refractivity contribution in [2.75, 3.05) is 24.5 Å². The number of amides is 2. The first-order chi connectivity index (χ1) is 11.6. The lowest BCUT2D eigenvalue weighted by atomic mass is 10.1. The van der Waals surface area contributed by atoms with Gasteiger partial charge in [-0.15, -0.1) is 0 Å². The molecule has 0 bridgehead atoms. The number of hydrogen-bond acceptors (Lipinski definition) is 2. The molecule has 0 saturated carbocycles. The summed E-state index contributed by atoms with van der Waals surface area (Å²) in [6.07, 6.45) is 1.16. The summed E-state index contributed by atoms with van der Waals surface area (Å²) in [5.41, 5.74) is 3.27. The zero-order valence-corrected chi connectivity index (χ0v) is 13.9. The molecule has 0 atom stereocenters. The minimum Gasteiger partial charge on any atom is -0.332 e. The van der Waals surface area contributed by atoms with Crippen molar-refractivity contribution in [3.63, 3.8) is 0 Å². The van der Waals surface area contributed by atoms with E-state index in [9.17, 15) is 9.59 Å². The largest absolute Gasteiger partial charge is 0.332 e. The molecule has 0 spiro atoms. The van der Waals surface area contributed by atoms with E-state index in [1.54, 1.807) is 9.80 Å². The van der Waals surface area contributed by atoms with E-state index >= 15 is 0 Å². The first-order valence-electron chi connectivity index (χ1n) is 8.32. The zero-order chi connectivity index (χ0) is 16.9. The number of anilines is 1. The number of para-hydroxylation sites is 1. The third kappa shape index (κ3) is 3.82. The second-order valence-corrected chi connectivity index (χ2v) is 6.18. The maximum atomic E-state index is 12.4. The highest BCUT2D eigenvalue weighted by Crippen LogP contribution is 2.17. The maximum absolute atomic E-state index is 12.4. The van der Waals surface area contributed by atoms with E-state index in [2.05, 4.69) is 24.3 Å². The molecule has 3 rings (SSSR count). The highest BCUT2D eigenvalue weighted by atomic mass is 16.2. The Morgan fingerprint density at radius 1 is 1.00 bits per heavy atom. The van der Waals surface area contributed by atoms with Crippen molar-refractivity contribution in [1.82, 2.24) is 4.90 Å². The van der Waals surface area contributed by atoms with Crippen molar-refractivity contribution in [3.8, 4) is 0 Å². The number of benzene rings is 2. The quantitative estimate of drug-likeness (QED) is 0.868. The SMILES string of the molecule is Cc1ccc(CCC(=O)N2CCN(c3ccccc3)C(=O)C2)cc1. The molecule has 0 unspecified atom stereocenters. The van der Waals surface area contributed by atoms with Gasteiger partial charge >= 0.3 is 0 Å². The van der Waals surface area contributed by atoms with E-state index in [0.717, 1.165) is 11.3 Å². The Morgan fingerprint density at radius 2 is 1.71 bits per heavy atom. The number of carbonyl (C=O) groups is 2. The monoisotopic (exact) mass is 322 g/mol. The molecule has 2 aromatic rings. The Hall–Kier alpha value is -2.62. The molecule has 0 radical (unpaired) electrons. The van der Waals surface area contributed by atoms with E-state index in [1.807, 2.05) is 37.3 Å². The summed E-state index contributed by atoms with van der Waals surface area (Å²) in [5.74, 6) is 0.0350. The van der Waals surface area contributed by atoms with Gasteiger partial charge in [-0.3, -0.25) is 9.59 Å². The minimum atomic E-state index is -0.0175. The van der Waals surface area contributed by atoms with Gasteiger partial charge in [-0.25, -0.2) is 0 Å². The minimum absolute atomic E-state index is 0.0175. The molecule has 4 heteroatoms. The van der Waals surface area contributed by atoms with Crippen LogP contribution in [0.15, 0.2) is 54.6 Å². The number of carbonyl (C=O) groups excluding carboxylic acids is 2. The van der Waals surface area contributed by atoms with Crippen molar-refractivity contribution >= 4 is 17.5 Å². The lowest BCUT2D eigenvalue weighted by molar-refractivity contribution is -0.136. The van der Waals surface area contributed by atoms with Crippen LogP contribution in [0.4, 0.5) is 5.69 Å². The number of piperazine rings is 1. The van der Waals surface area contributed by atoms with Gasteiger partial charge in [0.25, 0.3) is 0 Å². The normalized spacial score (nSPS) is 14.8. The number of aryl methyl sites for hydroxylation is 2. The fourth-order valence-electron chi connectivity index (χ4n) is 2.93. The Bertz CT molecular complexity index is 710. The molecular formula is C20H22N2O2. The number of hydrogen-bond donors (Lipinski definition) is 0. The lowest BCUT2D eigenvalue weighted by Crippen LogP contribution is -2.52. The molecule has 2 amide bonds. The van der Waals surface area contributed by atoms with Crippen LogP contribution in [0.2, 0.25) is 0 Å². The fourth-order valence-corrected chi connectivity index (χ4v) is 2.93. The van der Waals surface area contributed by atoms with Gasteiger partial charge in [-0.05, 0) is 31.0 Å². The number of rotatable bonds is 4. The third-order valence-corrected chi connectivity index (χ3v) is 4.39. The van der Waals surface area contributed by atoms with Gasteiger partial charge in [0.05, 0.1) is 0 Å². The first kappa shape index (κ1) is 16.2. The highest BCUT2D eigenvalue weighted by molar-refractivity contribution is 5.97. The molecule has 0 aliphatic carbocycles. The van der Waals surface area contributed by atoms with Crippen LogP contribution < -0.4 is 4.90 Å². The molecule has 1 fully saturated rings. The zero-order valence-electron chi connectivity index (χ0n) is 13.9. The summed E-state index contributed by atoms with van der Waals surface area (Å²) < 4.78 is 0. The van der Waals surface area contributed by atoms with Crippen LogP contribution in [0, 0.1) is 6.92 Å². The average molecular weight is 322 g/mol. The van der Waals surface area contributed by atoms with Crippen LogP contribution >= 0.6 is 0 Å². The van der Waals surface area contributed by atoms with Gasteiger partial charge in [-0.2, -0.15) is 0 Å². The van der Waals surface area contributed by atoms with E-state index in [-0.39, 0.29) is 18.4 Å². The molecule has 124 valence electrons. The van der Waals surface area contributed by atoms with Crippen molar-refractivity contribution in [2.45, 2.75) is 19.8 Å². The third-order valence-electron chi connectivity index (χ3n) is 4.39. The maximum Gasteiger partial charge on any atom is 0.246 e. The van der Waals surface area contributed by atoms with Crippen molar-refractivity contribution in [3.05, 3.63) is 65.7 Å². The molecule has 1 aliphatic heterocycles. The Morgan fingerprint density at radius 3 is 2.38 bits per heavy atom. The molecule has 1 aliphatic rings. The Kier molecular flexibility index (Phi) is 4.94. The summed E-state index contributed by atoms with van der Waals surface area (Å²) in [7, 11) is 0. The van der Waals surface area contributed by atoms with Crippen LogP contribution in [-0.2, 0) is 16.0 Å². The second-order valence-electron chi connectivity index (χ2n) is 6.18. The first-order valence-corrected chi connectivity index (χ1v) is 8.32. The molecule has 1 saturated heterocycles. The van der Waals surface area contributed by atoms with Gasteiger partial charge in [0.2, 0.25) is 11.8 Å². The van der Waals surface area contributed by atoms with Crippen molar-refractivity contribution in [1.29, 1.82) is 0 Å². The molecule has 24 heavy (non-hydrogen) atoms. The van der Waals surface area contributed by atoms with E-state index in [4.69, 9.17) is 0 Å². The van der Waals surface area contributed by atoms with Crippen LogP contribution in [0.3, 0.4) is 0 Å². The van der Waals surface area contributed by atoms with Crippen molar-refractivity contribution < 1.29 is 9.59 Å². The highest BCUT2D eigenvalue weighted by Gasteiger charge is 2.27. The molecule has 0 N–H and O–H groups in total. The van der Waals surface area contributed by atoms with Crippen molar-refractivity contribution in [2.24, 2.45) is 0 Å². The average Bonchev–Trinajstić information content (AvgIpc) is 2.61. The summed E-state index contributed by atoms with van der Waals surface area (Å²) in [4.78, 5) is 28.2. The van der Waals surface area contributed by atoms with Gasteiger partial charge in [0, 0.05) is 25.2 Å². The van der Waals surface area contributed by atoms with E-state index in [0.29, 0.717) is 25.9 Å². The van der Waals surface area contributed by atoms with E-state index in [1.165, 1.54) is 5.56 Å². The summed E-state index contributed by atoms with van der Waals surface area (Å²) in [6.45, 7) is 3.36. The van der Waals surface area contributed by atoms with Gasteiger partial charge in [0.1, 0.15) is 6.54 Å². The smallest absolute Gasteiger partial charge is 0.246 e. The fraction of sp³-hybridized carbons (Fsp3) is 0.300. The molecule has 2 aromatic carbocycles. The van der Waals surface area contributed by atoms with Crippen LogP contribution in [0.1, 0.15) is 17.5 Å². The predicted molar refractivity (Wildman–Crippen MR) is 94.9 cm³/mol. The van der Waals surface area contributed by atoms with Gasteiger partial charge < -0.3 is 9.80 Å². The Balaban J connectivity index is 1.54.